The molecule has 0 amide bonds. The summed E-state index contributed by atoms with van der Waals surface area (Å²) in [5.74, 6) is 0. The molecule has 1 heterocycles. The summed E-state index contributed by atoms with van der Waals surface area (Å²) in [5.41, 5.74) is 2.97. The predicted octanol–water partition coefficient (Wildman–Crippen LogP) is 3.02. The van der Waals surface area contributed by atoms with Crippen molar-refractivity contribution in [2.75, 3.05) is 0 Å². The smallest absolute Gasteiger partial charge is 0.0196 e. The fourth-order valence-electron chi connectivity index (χ4n) is 1.75. The van der Waals surface area contributed by atoms with E-state index in [1.54, 1.807) is 0 Å². The Labute approximate surface area is 75.4 Å². The number of nitrogens with zero attached hydrogens (tertiary/aromatic N) is 1. The van der Waals surface area contributed by atoms with Crippen LogP contribution in [0.5, 0.6) is 0 Å². The van der Waals surface area contributed by atoms with E-state index >= 15 is 0 Å². The highest BCUT2D eigenvalue weighted by Crippen LogP contribution is 2.11. The summed E-state index contributed by atoms with van der Waals surface area (Å²) in [6.07, 6.45) is 3.61. The minimum absolute atomic E-state index is 1.12. The first kappa shape index (κ1) is 9.37. The van der Waals surface area contributed by atoms with E-state index < -0.39 is 0 Å². The van der Waals surface area contributed by atoms with Crippen LogP contribution in [-0.4, -0.2) is 4.57 Å². The zero-order valence-electron chi connectivity index (χ0n) is 8.43. The molecule has 0 saturated carbocycles. The average molecular weight is 165 g/mol. The van der Waals surface area contributed by atoms with E-state index in [0.29, 0.717) is 0 Å². The zero-order valence-corrected chi connectivity index (χ0v) is 8.43. The Morgan fingerprint density at radius 1 is 1.08 bits per heavy atom. The van der Waals surface area contributed by atoms with E-state index in [4.69, 9.17) is 0 Å². The highest BCUT2D eigenvalue weighted by Gasteiger charge is 2.02. The monoisotopic (exact) mass is 165 g/mol. The molecule has 1 nitrogen and oxygen atoms in total. The molecule has 0 aliphatic rings. The molecule has 0 aromatic carbocycles. The van der Waals surface area contributed by atoms with Crippen LogP contribution in [0.4, 0.5) is 0 Å². The van der Waals surface area contributed by atoms with Gasteiger partial charge in [-0.25, -0.2) is 0 Å². The molecule has 0 atom stereocenters. The zero-order chi connectivity index (χ0) is 8.97. The van der Waals surface area contributed by atoms with Gasteiger partial charge in [-0.1, -0.05) is 20.3 Å². The summed E-state index contributed by atoms with van der Waals surface area (Å²) < 4.78 is 2.43. The third-order valence-electron chi connectivity index (χ3n) is 2.35. The molecule has 1 aromatic rings. The first-order chi connectivity index (χ1) is 5.83. The van der Waals surface area contributed by atoms with E-state index in [0.717, 1.165) is 13.0 Å². The molecule has 0 bridgehead atoms. The van der Waals surface area contributed by atoms with Crippen LogP contribution >= 0.6 is 0 Å². The molecule has 0 fully saturated rings. The van der Waals surface area contributed by atoms with Gasteiger partial charge in [0.05, 0.1) is 0 Å². The summed E-state index contributed by atoms with van der Waals surface area (Å²) in [6, 6.07) is 4.53. The summed E-state index contributed by atoms with van der Waals surface area (Å²) in [6.45, 7) is 7.79. The van der Waals surface area contributed by atoms with Gasteiger partial charge in [-0.15, -0.1) is 0 Å². The van der Waals surface area contributed by atoms with Gasteiger partial charge < -0.3 is 4.57 Å². The molecule has 1 aromatic heterocycles. The molecule has 1 heteroatoms. The van der Waals surface area contributed by atoms with Crippen molar-refractivity contribution in [1.29, 1.82) is 0 Å². The van der Waals surface area contributed by atoms with E-state index in [-0.39, 0.29) is 0 Å². The number of hydrogen-bond acceptors (Lipinski definition) is 0. The van der Waals surface area contributed by atoms with E-state index in [2.05, 4.69) is 37.5 Å². The highest BCUT2D eigenvalue weighted by molar-refractivity contribution is 5.16. The summed E-state index contributed by atoms with van der Waals surface area (Å²) in [5, 5.41) is 0. The lowest BCUT2D eigenvalue weighted by Gasteiger charge is -2.08. The molecule has 1 rings (SSSR count). The maximum absolute atomic E-state index is 2.43. The van der Waals surface area contributed by atoms with Crippen LogP contribution in [0.2, 0.25) is 0 Å². The van der Waals surface area contributed by atoms with Gasteiger partial charge in [0.1, 0.15) is 0 Å². The molecule has 12 heavy (non-hydrogen) atoms. The fraction of sp³-hybridized carbons (Fsp3) is 0.636. The van der Waals surface area contributed by atoms with Crippen molar-refractivity contribution >= 4 is 0 Å². The number of aryl methyl sites for hydroxylation is 2. The molecular weight excluding hydrogens is 146 g/mol. The van der Waals surface area contributed by atoms with Crippen molar-refractivity contribution in [3.63, 3.8) is 0 Å². The third-order valence-corrected chi connectivity index (χ3v) is 2.35. The Kier molecular flexibility index (Phi) is 3.39. The lowest BCUT2D eigenvalue weighted by molar-refractivity contribution is 0.669. The minimum atomic E-state index is 1.12. The van der Waals surface area contributed by atoms with Crippen molar-refractivity contribution in [2.45, 2.75) is 46.6 Å². The van der Waals surface area contributed by atoms with Gasteiger partial charge in [-0.2, -0.15) is 0 Å². The number of aromatic nitrogens is 1. The summed E-state index contributed by atoms with van der Waals surface area (Å²) in [7, 11) is 0. The molecule has 68 valence electrons. The minimum Gasteiger partial charge on any atom is -0.349 e. The lowest BCUT2D eigenvalue weighted by atomic mass is 10.2. The van der Waals surface area contributed by atoms with Gasteiger partial charge in [-0.05, 0) is 31.9 Å². The van der Waals surface area contributed by atoms with Gasteiger partial charge in [0.25, 0.3) is 0 Å². The van der Waals surface area contributed by atoms with Crippen LogP contribution in [0, 0.1) is 0 Å². The van der Waals surface area contributed by atoms with Crippen LogP contribution in [-0.2, 0) is 19.4 Å². The predicted molar refractivity (Wildman–Crippen MR) is 53.5 cm³/mol. The maximum atomic E-state index is 2.43. The fourth-order valence-corrected chi connectivity index (χ4v) is 1.75. The van der Waals surface area contributed by atoms with Crippen molar-refractivity contribution in [3.8, 4) is 0 Å². The van der Waals surface area contributed by atoms with Gasteiger partial charge >= 0.3 is 0 Å². The number of hydrogen-bond donors (Lipinski definition) is 0. The molecule has 0 radical (unpaired) electrons. The van der Waals surface area contributed by atoms with Crippen molar-refractivity contribution in [2.24, 2.45) is 0 Å². The Morgan fingerprint density at radius 2 is 1.75 bits per heavy atom. The summed E-state index contributed by atoms with van der Waals surface area (Å²) >= 11 is 0. The van der Waals surface area contributed by atoms with Crippen LogP contribution in [0.3, 0.4) is 0 Å². The first-order valence-corrected chi connectivity index (χ1v) is 5.00. The molecule has 0 unspecified atom stereocenters. The van der Waals surface area contributed by atoms with Gasteiger partial charge in [-0.3, -0.25) is 0 Å². The largest absolute Gasteiger partial charge is 0.349 e. The molecule has 0 aliphatic heterocycles. The van der Waals surface area contributed by atoms with Crippen molar-refractivity contribution < 1.29 is 0 Å². The molecule has 0 N–H and O–H groups in total. The Morgan fingerprint density at radius 3 is 2.25 bits per heavy atom. The van der Waals surface area contributed by atoms with Gasteiger partial charge in [0.2, 0.25) is 0 Å². The second-order valence-corrected chi connectivity index (χ2v) is 3.16. The van der Waals surface area contributed by atoms with Crippen LogP contribution < -0.4 is 0 Å². The van der Waals surface area contributed by atoms with Crippen LogP contribution in [0.15, 0.2) is 12.1 Å². The quantitative estimate of drug-likeness (QED) is 0.646. The first-order valence-electron chi connectivity index (χ1n) is 5.00. The van der Waals surface area contributed by atoms with Gasteiger partial charge in [0, 0.05) is 17.9 Å². The number of rotatable bonds is 4. The lowest BCUT2D eigenvalue weighted by Crippen LogP contribution is -2.03. The van der Waals surface area contributed by atoms with Crippen LogP contribution in [0.25, 0.3) is 0 Å². The Bertz CT molecular complexity index is 235. The molecule has 0 aliphatic carbocycles. The highest BCUT2D eigenvalue weighted by atomic mass is 15.0. The average Bonchev–Trinajstić information content (AvgIpc) is 2.47. The topological polar surface area (TPSA) is 4.93 Å². The van der Waals surface area contributed by atoms with Crippen molar-refractivity contribution in [1.82, 2.24) is 4.57 Å². The maximum Gasteiger partial charge on any atom is 0.0196 e. The van der Waals surface area contributed by atoms with E-state index in [9.17, 15) is 0 Å². The van der Waals surface area contributed by atoms with Gasteiger partial charge in [0.15, 0.2) is 0 Å². The molecular formula is C11H19N. The normalized spacial score (nSPS) is 10.6. The van der Waals surface area contributed by atoms with Crippen LogP contribution in [0.1, 0.15) is 38.6 Å². The Hall–Kier alpha value is -0.720. The SMILES string of the molecule is CCCc1ccc(CC)n1CC. The standard InChI is InChI=1S/C11H19N/c1-4-7-11-9-8-10(5-2)12(11)6-3/h8-9H,4-7H2,1-3H3. The Balaban J connectivity index is 2.88. The third kappa shape index (κ3) is 1.71. The second kappa shape index (κ2) is 4.34. The second-order valence-electron chi connectivity index (χ2n) is 3.16. The molecule has 0 saturated heterocycles. The van der Waals surface area contributed by atoms with E-state index in [1.165, 1.54) is 24.2 Å². The summed E-state index contributed by atoms with van der Waals surface area (Å²) in [4.78, 5) is 0. The van der Waals surface area contributed by atoms with E-state index in [1.807, 2.05) is 0 Å². The molecule has 0 spiro atoms. The van der Waals surface area contributed by atoms with Crippen molar-refractivity contribution in [3.05, 3.63) is 23.5 Å².